The van der Waals surface area contributed by atoms with Crippen molar-refractivity contribution in [2.45, 2.75) is 13.5 Å². The Hall–Kier alpha value is -1.86. The minimum atomic E-state index is 0.489. The number of hydrogen-bond acceptors (Lipinski definition) is 3. The molecule has 0 bridgehead atoms. The number of nitrogens with one attached hydrogen (secondary N) is 1. The Morgan fingerprint density at radius 3 is 3.13 bits per heavy atom. The summed E-state index contributed by atoms with van der Waals surface area (Å²) < 4.78 is 1.95. The van der Waals surface area contributed by atoms with Crippen LogP contribution in [0.25, 0.3) is 5.52 Å². The van der Waals surface area contributed by atoms with Crippen LogP contribution in [0.1, 0.15) is 18.4 Å². The van der Waals surface area contributed by atoms with E-state index in [-0.39, 0.29) is 0 Å². The van der Waals surface area contributed by atoms with Gasteiger partial charge in [0.2, 0.25) is 0 Å². The second kappa shape index (κ2) is 4.11. The Balaban J connectivity index is 2.51. The first-order valence-corrected chi connectivity index (χ1v) is 4.93. The summed E-state index contributed by atoms with van der Waals surface area (Å²) in [5, 5.41) is 12.1. The first kappa shape index (κ1) is 9.69. The summed E-state index contributed by atoms with van der Waals surface area (Å²) in [7, 11) is 0. The van der Waals surface area contributed by atoms with E-state index in [1.807, 2.05) is 35.7 Å². The van der Waals surface area contributed by atoms with Crippen molar-refractivity contribution < 1.29 is 0 Å². The van der Waals surface area contributed by atoms with Crippen molar-refractivity contribution in [3.8, 4) is 6.07 Å². The standard InChI is InChI=1S/C11H12N4/c1-2-13-8-11-14-9(7-12)10-5-3-4-6-15(10)11/h3-6,13H,2,8H2,1H3. The van der Waals surface area contributed by atoms with Gasteiger partial charge in [-0.05, 0) is 18.7 Å². The number of aromatic nitrogens is 2. The predicted octanol–water partition coefficient (Wildman–Crippen LogP) is 1.32. The number of hydrogen-bond donors (Lipinski definition) is 1. The molecule has 2 aromatic rings. The van der Waals surface area contributed by atoms with Crippen molar-refractivity contribution >= 4 is 5.52 Å². The van der Waals surface area contributed by atoms with Crippen LogP contribution in [0.5, 0.6) is 0 Å². The molecule has 0 radical (unpaired) electrons. The molecule has 0 amide bonds. The maximum absolute atomic E-state index is 8.93. The van der Waals surface area contributed by atoms with Gasteiger partial charge in [-0.3, -0.25) is 0 Å². The van der Waals surface area contributed by atoms with Crippen molar-refractivity contribution in [3.05, 3.63) is 35.9 Å². The lowest BCUT2D eigenvalue weighted by Crippen LogP contribution is -2.14. The number of nitriles is 1. The molecular formula is C11H12N4. The molecule has 15 heavy (non-hydrogen) atoms. The van der Waals surface area contributed by atoms with Gasteiger partial charge in [0, 0.05) is 6.20 Å². The smallest absolute Gasteiger partial charge is 0.166 e. The van der Waals surface area contributed by atoms with Gasteiger partial charge in [-0.2, -0.15) is 5.26 Å². The van der Waals surface area contributed by atoms with E-state index in [4.69, 9.17) is 5.26 Å². The molecule has 0 saturated heterocycles. The zero-order valence-corrected chi connectivity index (χ0v) is 8.57. The highest BCUT2D eigenvalue weighted by atomic mass is 15.1. The molecule has 0 saturated carbocycles. The van der Waals surface area contributed by atoms with Gasteiger partial charge in [-0.15, -0.1) is 0 Å². The molecular weight excluding hydrogens is 188 g/mol. The Kier molecular flexibility index (Phi) is 2.66. The molecule has 0 aliphatic rings. The lowest BCUT2D eigenvalue weighted by Gasteiger charge is -2.00. The quantitative estimate of drug-likeness (QED) is 0.812. The van der Waals surface area contributed by atoms with Gasteiger partial charge in [-0.1, -0.05) is 13.0 Å². The molecule has 0 aliphatic carbocycles. The average molecular weight is 200 g/mol. The average Bonchev–Trinajstić information content (AvgIpc) is 2.65. The Morgan fingerprint density at radius 1 is 1.53 bits per heavy atom. The third-order valence-electron chi connectivity index (χ3n) is 2.26. The summed E-state index contributed by atoms with van der Waals surface area (Å²) >= 11 is 0. The highest BCUT2D eigenvalue weighted by Crippen LogP contribution is 2.11. The third-order valence-corrected chi connectivity index (χ3v) is 2.26. The van der Waals surface area contributed by atoms with E-state index in [0.29, 0.717) is 12.2 Å². The monoisotopic (exact) mass is 200 g/mol. The van der Waals surface area contributed by atoms with Gasteiger partial charge in [0.15, 0.2) is 5.69 Å². The zero-order chi connectivity index (χ0) is 10.7. The minimum Gasteiger partial charge on any atom is -0.310 e. The molecule has 76 valence electrons. The van der Waals surface area contributed by atoms with Gasteiger partial charge in [0.05, 0.1) is 12.1 Å². The number of imidazole rings is 1. The molecule has 0 spiro atoms. The predicted molar refractivity (Wildman–Crippen MR) is 57.3 cm³/mol. The second-order valence-corrected chi connectivity index (χ2v) is 3.22. The van der Waals surface area contributed by atoms with E-state index >= 15 is 0 Å². The summed E-state index contributed by atoms with van der Waals surface area (Å²) in [6.07, 6.45) is 1.93. The SMILES string of the molecule is CCNCc1nc(C#N)c2ccccn12. The van der Waals surface area contributed by atoms with Crippen molar-refractivity contribution in [3.63, 3.8) is 0 Å². The fourth-order valence-electron chi connectivity index (χ4n) is 1.55. The third kappa shape index (κ3) is 1.69. The van der Waals surface area contributed by atoms with E-state index in [9.17, 15) is 0 Å². The van der Waals surface area contributed by atoms with E-state index in [2.05, 4.69) is 16.4 Å². The van der Waals surface area contributed by atoms with Crippen LogP contribution in [0.3, 0.4) is 0 Å². The zero-order valence-electron chi connectivity index (χ0n) is 8.57. The highest BCUT2D eigenvalue weighted by Gasteiger charge is 2.08. The van der Waals surface area contributed by atoms with Crippen molar-refractivity contribution in [2.24, 2.45) is 0 Å². The molecule has 0 aromatic carbocycles. The molecule has 2 heterocycles. The molecule has 0 aliphatic heterocycles. The summed E-state index contributed by atoms with van der Waals surface area (Å²) in [6, 6.07) is 7.86. The molecule has 2 rings (SSSR count). The molecule has 2 aromatic heterocycles. The van der Waals surface area contributed by atoms with Crippen molar-refractivity contribution in [1.82, 2.24) is 14.7 Å². The van der Waals surface area contributed by atoms with Crippen LogP contribution in [0.4, 0.5) is 0 Å². The lowest BCUT2D eigenvalue weighted by molar-refractivity contribution is 0.688. The maximum Gasteiger partial charge on any atom is 0.166 e. The van der Waals surface area contributed by atoms with Crippen LogP contribution < -0.4 is 5.32 Å². The Morgan fingerprint density at radius 2 is 2.40 bits per heavy atom. The molecule has 4 heteroatoms. The van der Waals surface area contributed by atoms with Crippen molar-refractivity contribution in [1.29, 1.82) is 5.26 Å². The molecule has 0 atom stereocenters. The molecule has 0 fully saturated rings. The Bertz CT molecular complexity index is 507. The van der Waals surface area contributed by atoms with Crippen LogP contribution in [0.2, 0.25) is 0 Å². The van der Waals surface area contributed by atoms with Crippen LogP contribution in [0, 0.1) is 11.3 Å². The molecule has 0 unspecified atom stereocenters. The summed E-state index contributed by atoms with van der Waals surface area (Å²) in [6.45, 7) is 3.62. The maximum atomic E-state index is 8.93. The highest BCUT2D eigenvalue weighted by molar-refractivity contribution is 5.58. The summed E-state index contributed by atoms with van der Waals surface area (Å²) in [5.41, 5.74) is 1.36. The van der Waals surface area contributed by atoms with E-state index in [1.165, 1.54) is 0 Å². The molecule has 4 nitrogen and oxygen atoms in total. The van der Waals surface area contributed by atoms with Crippen LogP contribution >= 0.6 is 0 Å². The summed E-state index contributed by atoms with van der Waals surface area (Å²) in [4.78, 5) is 4.28. The molecule has 1 N–H and O–H groups in total. The number of nitrogens with zero attached hydrogens (tertiary/aromatic N) is 3. The van der Waals surface area contributed by atoms with E-state index < -0.39 is 0 Å². The summed E-state index contributed by atoms with van der Waals surface area (Å²) in [5.74, 6) is 0.879. The normalized spacial score (nSPS) is 10.4. The van der Waals surface area contributed by atoms with Crippen LogP contribution in [-0.4, -0.2) is 15.9 Å². The van der Waals surface area contributed by atoms with E-state index in [1.54, 1.807) is 0 Å². The minimum absolute atomic E-state index is 0.489. The van der Waals surface area contributed by atoms with Crippen LogP contribution in [0.15, 0.2) is 24.4 Å². The van der Waals surface area contributed by atoms with E-state index in [0.717, 1.165) is 17.9 Å². The fraction of sp³-hybridized carbons (Fsp3) is 0.273. The fourth-order valence-corrected chi connectivity index (χ4v) is 1.55. The van der Waals surface area contributed by atoms with Crippen LogP contribution in [-0.2, 0) is 6.54 Å². The number of rotatable bonds is 3. The Labute approximate surface area is 88.2 Å². The topological polar surface area (TPSA) is 53.1 Å². The number of fused-ring (bicyclic) bond motifs is 1. The second-order valence-electron chi connectivity index (χ2n) is 3.22. The van der Waals surface area contributed by atoms with Gasteiger partial charge in [-0.25, -0.2) is 4.98 Å². The largest absolute Gasteiger partial charge is 0.310 e. The first-order chi connectivity index (χ1) is 7.36. The van der Waals surface area contributed by atoms with Gasteiger partial charge < -0.3 is 9.72 Å². The van der Waals surface area contributed by atoms with Gasteiger partial charge in [0.25, 0.3) is 0 Å². The number of pyridine rings is 1. The van der Waals surface area contributed by atoms with Crippen molar-refractivity contribution in [2.75, 3.05) is 6.54 Å². The van der Waals surface area contributed by atoms with Gasteiger partial charge >= 0.3 is 0 Å². The first-order valence-electron chi connectivity index (χ1n) is 4.93. The van der Waals surface area contributed by atoms with Gasteiger partial charge in [0.1, 0.15) is 11.9 Å². The lowest BCUT2D eigenvalue weighted by atomic mass is 10.3.